The van der Waals surface area contributed by atoms with Crippen LogP contribution in [0.5, 0.6) is 0 Å². The Morgan fingerprint density at radius 3 is 2.72 bits per heavy atom. The van der Waals surface area contributed by atoms with Gasteiger partial charge in [-0.1, -0.05) is 32.9 Å². The topological polar surface area (TPSA) is 37.6 Å². The van der Waals surface area contributed by atoms with E-state index in [1.165, 1.54) is 5.56 Å². The molecular weight excluding hydrogens is 310 g/mol. The quantitative estimate of drug-likeness (QED) is 0.668. The zero-order valence-electron chi connectivity index (χ0n) is 15.2. The molecule has 4 heteroatoms. The van der Waals surface area contributed by atoms with E-state index in [2.05, 4.69) is 41.8 Å². The number of rotatable bonds is 1. The van der Waals surface area contributed by atoms with Crippen LogP contribution in [0.2, 0.25) is 0 Å². The van der Waals surface area contributed by atoms with Gasteiger partial charge in [-0.15, -0.1) is 0 Å². The highest BCUT2D eigenvalue weighted by Crippen LogP contribution is 2.34. The molecule has 1 aliphatic heterocycles. The van der Waals surface area contributed by atoms with Crippen molar-refractivity contribution in [1.82, 2.24) is 9.38 Å². The largest absolute Gasteiger partial charge is 0.311 e. The standard InChI is InChI=1S/C21H23N3O/c1-14-6-5-10-23-13-17(22-19(14)23)15-7-8-18-16(12-15)9-11-24(18)20(25)21(2,3)4/h5-8,10,12-13H,9,11H2,1-4H3. The monoisotopic (exact) mass is 333 g/mol. The van der Waals surface area contributed by atoms with Crippen molar-refractivity contribution < 1.29 is 4.79 Å². The Balaban J connectivity index is 1.72. The molecule has 0 saturated heterocycles. The molecule has 1 aromatic carbocycles. The number of aromatic nitrogens is 2. The first-order valence-electron chi connectivity index (χ1n) is 8.74. The molecule has 3 aromatic rings. The third-order valence-corrected chi connectivity index (χ3v) is 4.84. The van der Waals surface area contributed by atoms with Crippen LogP contribution in [-0.2, 0) is 11.2 Å². The predicted octanol–water partition coefficient (Wildman–Crippen LogP) is 4.24. The molecule has 0 unspecified atom stereocenters. The lowest BCUT2D eigenvalue weighted by atomic mass is 9.94. The Kier molecular flexibility index (Phi) is 3.46. The zero-order valence-corrected chi connectivity index (χ0v) is 15.2. The van der Waals surface area contributed by atoms with Gasteiger partial charge in [0.25, 0.3) is 0 Å². The van der Waals surface area contributed by atoms with Gasteiger partial charge in [-0.3, -0.25) is 4.79 Å². The maximum Gasteiger partial charge on any atom is 0.232 e. The van der Waals surface area contributed by atoms with Crippen molar-refractivity contribution in [1.29, 1.82) is 0 Å². The smallest absolute Gasteiger partial charge is 0.232 e. The maximum atomic E-state index is 12.6. The minimum absolute atomic E-state index is 0.183. The molecule has 0 aliphatic carbocycles. The molecule has 128 valence electrons. The summed E-state index contributed by atoms with van der Waals surface area (Å²) in [5.41, 5.74) is 6.14. The second-order valence-electron chi connectivity index (χ2n) is 7.85. The summed E-state index contributed by atoms with van der Waals surface area (Å²) in [5, 5.41) is 0. The van der Waals surface area contributed by atoms with Crippen molar-refractivity contribution in [2.24, 2.45) is 5.41 Å². The molecule has 0 radical (unpaired) electrons. The number of aryl methyl sites for hydroxylation is 1. The molecule has 0 spiro atoms. The summed E-state index contributed by atoms with van der Waals surface area (Å²) in [5.74, 6) is 0.183. The van der Waals surface area contributed by atoms with Crippen molar-refractivity contribution in [3.8, 4) is 11.3 Å². The van der Waals surface area contributed by atoms with E-state index in [0.29, 0.717) is 0 Å². The molecule has 0 fully saturated rings. The highest BCUT2D eigenvalue weighted by molar-refractivity contribution is 5.99. The zero-order chi connectivity index (χ0) is 17.8. The molecule has 0 N–H and O–H groups in total. The third kappa shape index (κ3) is 2.62. The molecule has 1 aliphatic rings. The number of hydrogen-bond acceptors (Lipinski definition) is 2. The molecule has 0 bridgehead atoms. The van der Waals surface area contributed by atoms with Gasteiger partial charge in [0.15, 0.2) is 0 Å². The first-order chi connectivity index (χ1) is 11.8. The minimum Gasteiger partial charge on any atom is -0.311 e. The van der Waals surface area contributed by atoms with Gasteiger partial charge < -0.3 is 9.30 Å². The first-order valence-corrected chi connectivity index (χ1v) is 8.74. The average molecular weight is 333 g/mol. The number of benzene rings is 1. The highest BCUT2D eigenvalue weighted by Gasteiger charge is 2.32. The molecular formula is C21H23N3O. The second-order valence-corrected chi connectivity index (χ2v) is 7.85. The molecule has 4 rings (SSSR count). The van der Waals surface area contributed by atoms with Crippen LogP contribution in [0.4, 0.5) is 5.69 Å². The summed E-state index contributed by atoms with van der Waals surface area (Å²) in [6.45, 7) is 8.76. The van der Waals surface area contributed by atoms with Crippen molar-refractivity contribution in [2.45, 2.75) is 34.1 Å². The summed E-state index contributed by atoms with van der Waals surface area (Å²) >= 11 is 0. The molecule has 0 saturated carbocycles. The van der Waals surface area contributed by atoms with Crippen LogP contribution in [0.25, 0.3) is 16.9 Å². The Labute approximate surface area is 148 Å². The van der Waals surface area contributed by atoms with Gasteiger partial charge >= 0.3 is 0 Å². The lowest BCUT2D eigenvalue weighted by Crippen LogP contribution is -2.38. The maximum absolute atomic E-state index is 12.6. The van der Waals surface area contributed by atoms with Crippen molar-refractivity contribution in [3.05, 3.63) is 53.9 Å². The average Bonchev–Trinajstić information content (AvgIpc) is 3.17. The lowest BCUT2D eigenvalue weighted by molar-refractivity contribution is -0.125. The van der Waals surface area contributed by atoms with E-state index in [9.17, 15) is 4.79 Å². The van der Waals surface area contributed by atoms with Crippen LogP contribution in [0.15, 0.2) is 42.7 Å². The number of amides is 1. The predicted molar refractivity (Wildman–Crippen MR) is 101 cm³/mol. The van der Waals surface area contributed by atoms with Gasteiger partial charge in [0.05, 0.1) is 5.69 Å². The minimum atomic E-state index is -0.362. The Morgan fingerprint density at radius 1 is 1.20 bits per heavy atom. The van der Waals surface area contributed by atoms with E-state index in [0.717, 1.165) is 41.1 Å². The van der Waals surface area contributed by atoms with Crippen LogP contribution < -0.4 is 4.90 Å². The molecule has 3 heterocycles. The van der Waals surface area contributed by atoms with Crippen molar-refractivity contribution in [2.75, 3.05) is 11.4 Å². The van der Waals surface area contributed by atoms with Crippen LogP contribution in [-0.4, -0.2) is 21.8 Å². The fraction of sp³-hybridized carbons (Fsp3) is 0.333. The van der Waals surface area contributed by atoms with E-state index in [-0.39, 0.29) is 11.3 Å². The first kappa shape index (κ1) is 15.9. The number of hydrogen-bond donors (Lipinski definition) is 0. The number of carbonyl (C=O) groups excluding carboxylic acids is 1. The third-order valence-electron chi connectivity index (χ3n) is 4.84. The Morgan fingerprint density at radius 2 is 2.00 bits per heavy atom. The molecule has 1 amide bonds. The number of pyridine rings is 1. The number of fused-ring (bicyclic) bond motifs is 2. The summed E-state index contributed by atoms with van der Waals surface area (Å²) < 4.78 is 2.06. The van der Waals surface area contributed by atoms with E-state index in [1.54, 1.807) is 0 Å². The van der Waals surface area contributed by atoms with Crippen LogP contribution in [0.3, 0.4) is 0 Å². The van der Waals surface area contributed by atoms with Crippen molar-refractivity contribution >= 4 is 17.2 Å². The van der Waals surface area contributed by atoms with Crippen LogP contribution in [0, 0.1) is 12.3 Å². The van der Waals surface area contributed by atoms with E-state index < -0.39 is 0 Å². The SMILES string of the molecule is Cc1cccn2cc(-c3ccc4c(c3)CCN4C(=O)C(C)(C)C)nc12. The second kappa shape index (κ2) is 5.45. The van der Waals surface area contributed by atoms with Gasteiger partial charge in [0, 0.05) is 35.6 Å². The molecule has 4 nitrogen and oxygen atoms in total. The van der Waals surface area contributed by atoms with Crippen LogP contribution >= 0.6 is 0 Å². The number of imidazole rings is 1. The normalized spacial score (nSPS) is 14.2. The number of carbonyl (C=O) groups is 1. The highest BCUT2D eigenvalue weighted by atomic mass is 16.2. The summed E-state index contributed by atoms with van der Waals surface area (Å²) in [6, 6.07) is 10.4. The summed E-state index contributed by atoms with van der Waals surface area (Å²) in [4.78, 5) is 19.4. The van der Waals surface area contributed by atoms with Crippen molar-refractivity contribution in [3.63, 3.8) is 0 Å². The lowest BCUT2D eigenvalue weighted by Gasteiger charge is -2.26. The van der Waals surface area contributed by atoms with Gasteiger partial charge in [-0.2, -0.15) is 0 Å². The van der Waals surface area contributed by atoms with E-state index >= 15 is 0 Å². The van der Waals surface area contributed by atoms with Crippen LogP contribution in [0.1, 0.15) is 31.9 Å². The Hall–Kier alpha value is -2.62. The molecule has 2 aromatic heterocycles. The summed E-state index contributed by atoms with van der Waals surface area (Å²) in [7, 11) is 0. The summed E-state index contributed by atoms with van der Waals surface area (Å²) in [6.07, 6.45) is 4.99. The molecule has 25 heavy (non-hydrogen) atoms. The van der Waals surface area contributed by atoms with Gasteiger partial charge in [-0.25, -0.2) is 4.98 Å². The van der Waals surface area contributed by atoms with E-state index in [1.807, 2.05) is 37.9 Å². The van der Waals surface area contributed by atoms with E-state index in [4.69, 9.17) is 4.98 Å². The fourth-order valence-corrected chi connectivity index (χ4v) is 3.47. The van der Waals surface area contributed by atoms with Gasteiger partial charge in [0.1, 0.15) is 5.65 Å². The number of nitrogens with zero attached hydrogens (tertiary/aromatic N) is 3. The van der Waals surface area contributed by atoms with Gasteiger partial charge in [-0.05, 0) is 42.7 Å². The number of anilines is 1. The van der Waals surface area contributed by atoms with Gasteiger partial charge in [0.2, 0.25) is 5.91 Å². The molecule has 0 atom stereocenters. The fourth-order valence-electron chi connectivity index (χ4n) is 3.47. The Bertz CT molecular complexity index is 978.